The Morgan fingerprint density at radius 2 is 2.17 bits per heavy atom. The third-order valence-corrected chi connectivity index (χ3v) is 3.84. The van der Waals surface area contributed by atoms with Crippen LogP contribution in [0.3, 0.4) is 0 Å². The van der Waals surface area contributed by atoms with Gasteiger partial charge in [0.25, 0.3) is 11.1 Å². The Morgan fingerprint density at radius 1 is 1.39 bits per heavy atom. The van der Waals surface area contributed by atoms with Crippen molar-refractivity contribution in [3.8, 4) is 5.75 Å². The number of nitrogens with zero attached hydrogens (tertiary/aromatic N) is 2. The second-order valence-electron chi connectivity index (χ2n) is 4.99. The van der Waals surface area contributed by atoms with Gasteiger partial charge in [-0.1, -0.05) is 23.4 Å². The first-order chi connectivity index (χ1) is 10.9. The van der Waals surface area contributed by atoms with Gasteiger partial charge in [0.05, 0.1) is 6.10 Å². The predicted molar refractivity (Wildman–Crippen MR) is 86.8 cm³/mol. The van der Waals surface area contributed by atoms with Gasteiger partial charge in [-0.25, -0.2) is 0 Å². The molecule has 0 aliphatic heterocycles. The van der Waals surface area contributed by atoms with E-state index < -0.39 is 0 Å². The van der Waals surface area contributed by atoms with Crippen LogP contribution < -0.4 is 4.74 Å². The van der Waals surface area contributed by atoms with E-state index in [1.54, 1.807) is 26.0 Å². The van der Waals surface area contributed by atoms with Gasteiger partial charge in [-0.15, -0.1) is 10.2 Å². The van der Waals surface area contributed by atoms with Crippen LogP contribution in [0.1, 0.15) is 25.3 Å². The van der Waals surface area contributed by atoms with Crippen LogP contribution in [-0.2, 0) is 16.1 Å². The molecule has 1 aromatic heterocycles. The van der Waals surface area contributed by atoms with Crippen LogP contribution in [0, 0.1) is 6.92 Å². The molecule has 6 nitrogen and oxygen atoms in total. The molecule has 2 aromatic rings. The largest absolute Gasteiger partial charge is 0.484 e. The first kappa shape index (κ1) is 17.6. The van der Waals surface area contributed by atoms with E-state index in [0.29, 0.717) is 21.9 Å². The van der Waals surface area contributed by atoms with E-state index in [9.17, 15) is 4.79 Å². The number of ether oxygens (including phenoxy) is 2. The van der Waals surface area contributed by atoms with Gasteiger partial charge in [-0.05, 0) is 44.5 Å². The molecule has 8 heteroatoms. The Bertz CT molecular complexity index is 675. The highest BCUT2D eigenvalue weighted by atomic mass is 35.5. The average molecular weight is 357 g/mol. The zero-order valence-electron chi connectivity index (χ0n) is 13.0. The van der Waals surface area contributed by atoms with Gasteiger partial charge in [-0.2, -0.15) is 0 Å². The maximum absolute atomic E-state index is 11.4. The number of hydrogen-bond donors (Lipinski definition) is 0. The number of hydrogen-bond acceptors (Lipinski definition) is 7. The molecule has 0 fully saturated rings. The highest BCUT2D eigenvalue weighted by molar-refractivity contribution is 7.99. The number of aryl methyl sites for hydroxylation is 1. The Labute approximate surface area is 143 Å². The SMILES string of the molecule is Cc1cc(OCc2nnc(SCC(=O)OC(C)C)o2)ccc1Cl. The summed E-state index contributed by atoms with van der Waals surface area (Å²) in [5, 5.41) is 8.70. The molecule has 0 saturated carbocycles. The van der Waals surface area contributed by atoms with Gasteiger partial charge < -0.3 is 13.9 Å². The van der Waals surface area contributed by atoms with E-state index in [0.717, 1.165) is 17.3 Å². The van der Waals surface area contributed by atoms with Crippen LogP contribution in [0.15, 0.2) is 27.8 Å². The number of aromatic nitrogens is 2. The molecule has 1 heterocycles. The number of thioether (sulfide) groups is 1. The molecule has 1 aromatic carbocycles. The number of carbonyl (C=O) groups is 1. The van der Waals surface area contributed by atoms with Crippen molar-refractivity contribution in [2.24, 2.45) is 0 Å². The van der Waals surface area contributed by atoms with Gasteiger partial charge in [-0.3, -0.25) is 4.79 Å². The second-order valence-corrected chi connectivity index (χ2v) is 6.32. The number of benzene rings is 1. The third kappa shape index (κ3) is 5.76. The first-order valence-corrected chi connectivity index (χ1v) is 8.34. The summed E-state index contributed by atoms with van der Waals surface area (Å²) in [6.45, 7) is 5.63. The van der Waals surface area contributed by atoms with E-state index in [1.807, 2.05) is 13.0 Å². The topological polar surface area (TPSA) is 74.5 Å². The van der Waals surface area contributed by atoms with Crippen LogP contribution in [0.5, 0.6) is 5.75 Å². The zero-order chi connectivity index (χ0) is 16.8. The molecular weight excluding hydrogens is 340 g/mol. The summed E-state index contributed by atoms with van der Waals surface area (Å²) in [4.78, 5) is 11.4. The molecule has 0 atom stereocenters. The van der Waals surface area contributed by atoms with Gasteiger partial charge in [0, 0.05) is 5.02 Å². The van der Waals surface area contributed by atoms with Gasteiger partial charge >= 0.3 is 5.97 Å². The fraction of sp³-hybridized carbons (Fsp3) is 0.400. The smallest absolute Gasteiger partial charge is 0.316 e. The molecule has 0 saturated heterocycles. The highest BCUT2D eigenvalue weighted by Crippen LogP contribution is 2.22. The Balaban J connectivity index is 1.82. The normalized spacial score (nSPS) is 10.8. The van der Waals surface area contributed by atoms with Crippen molar-refractivity contribution in [1.82, 2.24) is 10.2 Å². The molecule has 2 rings (SSSR count). The highest BCUT2D eigenvalue weighted by Gasteiger charge is 2.12. The van der Waals surface area contributed by atoms with E-state index >= 15 is 0 Å². The molecule has 0 aliphatic carbocycles. The molecule has 0 spiro atoms. The lowest BCUT2D eigenvalue weighted by Gasteiger charge is -2.06. The van der Waals surface area contributed by atoms with Crippen molar-refractivity contribution in [1.29, 1.82) is 0 Å². The summed E-state index contributed by atoms with van der Waals surface area (Å²) in [5.41, 5.74) is 0.926. The number of carbonyl (C=O) groups excluding carboxylic acids is 1. The second kappa shape index (κ2) is 8.21. The van der Waals surface area contributed by atoms with Crippen molar-refractivity contribution in [2.45, 2.75) is 38.7 Å². The molecule has 124 valence electrons. The summed E-state index contributed by atoms with van der Waals surface area (Å²) < 4.78 is 16.0. The molecule has 0 aliphatic rings. The maximum atomic E-state index is 11.4. The van der Waals surface area contributed by atoms with Crippen LogP contribution in [-0.4, -0.2) is 28.0 Å². The summed E-state index contributed by atoms with van der Waals surface area (Å²) in [5.74, 6) is 0.798. The molecule has 0 amide bonds. The Hall–Kier alpha value is -1.73. The molecule has 23 heavy (non-hydrogen) atoms. The number of esters is 1. The third-order valence-electron chi connectivity index (χ3n) is 2.62. The van der Waals surface area contributed by atoms with Crippen molar-refractivity contribution in [3.63, 3.8) is 0 Å². The van der Waals surface area contributed by atoms with Gasteiger partial charge in [0.2, 0.25) is 0 Å². The predicted octanol–water partition coefficient (Wildman–Crippen LogP) is 3.65. The van der Waals surface area contributed by atoms with Crippen molar-refractivity contribution in [3.05, 3.63) is 34.7 Å². The lowest BCUT2D eigenvalue weighted by Crippen LogP contribution is -2.13. The maximum Gasteiger partial charge on any atom is 0.316 e. The van der Waals surface area contributed by atoms with E-state index in [1.165, 1.54) is 0 Å². The Morgan fingerprint density at radius 3 is 2.87 bits per heavy atom. The molecular formula is C15H17ClN2O4S. The summed E-state index contributed by atoms with van der Waals surface area (Å²) in [6, 6.07) is 5.36. The fourth-order valence-electron chi connectivity index (χ4n) is 1.62. The van der Waals surface area contributed by atoms with Crippen LogP contribution in [0.4, 0.5) is 0 Å². The quantitative estimate of drug-likeness (QED) is 0.553. The molecule has 0 N–H and O–H groups in total. The van der Waals surface area contributed by atoms with Crippen LogP contribution in [0.25, 0.3) is 0 Å². The van der Waals surface area contributed by atoms with Crippen molar-refractivity contribution in [2.75, 3.05) is 5.75 Å². The summed E-state index contributed by atoms with van der Waals surface area (Å²) in [6.07, 6.45) is -0.141. The Kier molecular flexibility index (Phi) is 6.29. The number of halogens is 1. The fourth-order valence-corrected chi connectivity index (χ4v) is 2.31. The monoisotopic (exact) mass is 356 g/mol. The van der Waals surface area contributed by atoms with Crippen molar-refractivity contribution >= 4 is 29.3 Å². The molecule has 0 unspecified atom stereocenters. The lowest BCUT2D eigenvalue weighted by atomic mass is 10.2. The summed E-state index contributed by atoms with van der Waals surface area (Å²) >= 11 is 7.09. The van der Waals surface area contributed by atoms with Crippen LogP contribution in [0.2, 0.25) is 5.02 Å². The molecule has 0 radical (unpaired) electrons. The van der Waals surface area contributed by atoms with Crippen molar-refractivity contribution < 1.29 is 18.7 Å². The molecule has 0 bridgehead atoms. The van der Waals surface area contributed by atoms with E-state index in [2.05, 4.69) is 10.2 Å². The summed E-state index contributed by atoms with van der Waals surface area (Å²) in [7, 11) is 0. The lowest BCUT2D eigenvalue weighted by molar-refractivity contribution is -0.144. The van der Waals surface area contributed by atoms with E-state index in [-0.39, 0.29) is 24.4 Å². The minimum Gasteiger partial charge on any atom is -0.484 e. The van der Waals surface area contributed by atoms with E-state index in [4.69, 9.17) is 25.5 Å². The minimum absolute atomic E-state index is 0.122. The first-order valence-electron chi connectivity index (χ1n) is 6.97. The number of rotatable bonds is 7. The minimum atomic E-state index is -0.322. The zero-order valence-corrected chi connectivity index (χ0v) is 14.6. The van der Waals surface area contributed by atoms with Gasteiger partial charge in [0.15, 0.2) is 6.61 Å². The standard InChI is InChI=1S/C15H17ClN2O4S/c1-9(2)21-14(19)8-23-15-18-17-13(22-15)7-20-11-4-5-12(16)10(3)6-11/h4-6,9H,7-8H2,1-3H3. The average Bonchev–Trinajstić information content (AvgIpc) is 2.94. The van der Waals surface area contributed by atoms with Gasteiger partial charge in [0.1, 0.15) is 11.5 Å². The van der Waals surface area contributed by atoms with Crippen LogP contribution >= 0.6 is 23.4 Å².